The van der Waals surface area contributed by atoms with Crippen molar-refractivity contribution in [1.29, 1.82) is 0 Å². The van der Waals surface area contributed by atoms with Gasteiger partial charge in [0.1, 0.15) is 17.1 Å². The van der Waals surface area contributed by atoms with Crippen molar-refractivity contribution in [2.24, 2.45) is 0 Å². The zero-order chi connectivity index (χ0) is 20.5. The van der Waals surface area contributed by atoms with E-state index in [1.54, 1.807) is 6.07 Å². The molecule has 3 aromatic heterocycles. The molecule has 6 nitrogen and oxygen atoms in total. The van der Waals surface area contributed by atoms with Gasteiger partial charge in [0, 0.05) is 19.5 Å². The molecule has 0 unspecified atom stereocenters. The molecule has 0 aliphatic heterocycles. The summed E-state index contributed by atoms with van der Waals surface area (Å²) in [5, 5.41) is 8.99. The van der Waals surface area contributed by atoms with Crippen molar-refractivity contribution >= 4 is 28.7 Å². The van der Waals surface area contributed by atoms with Gasteiger partial charge in [-0.1, -0.05) is 12.1 Å². The molecular weight excluding hydrogens is 398 g/mol. The number of nitrogens with one attached hydrogen (secondary N) is 1. The summed E-state index contributed by atoms with van der Waals surface area (Å²) in [5.74, 6) is -2.76. The number of benzene rings is 1. The van der Waals surface area contributed by atoms with Gasteiger partial charge in [-0.3, -0.25) is 9.59 Å². The van der Waals surface area contributed by atoms with Crippen LogP contribution in [0.2, 0.25) is 0 Å². The molecule has 4 aromatic rings. The van der Waals surface area contributed by atoms with Gasteiger partial charge in [-0.15, -0.1) is 11.3 Å². The van der Waals surface area contributed by atoms with Crippen LogP contribution in [-0.4, -0.2) is 26.3 Å². The predicted octanol–water partition coefficient (Wildman–Crippen LogP) is 3.87. The smallest absolute Gasteiger partial charge is 0.270 e. The number of rotatable bonds is 5. The quantitative estimate of drug-likeness (QED) is 0.505. The van der Waals surface area contributed by atoms with E-state index < -0.39 is 17.5 Å². The first-order valence-electron chi connectivity index (χ1n) is 8.60. The minimum absolute atomic E-state index is 0.0195. The van der Waals surface area contributed by atoms with E-state index >= 15 is 0 Å². The summed E-state index contributed by atoms with van der Waals surface area (Å²) >= 11 is 1.49. The van der Waals surface area contributed by atoms with Crippen molar-refractivity contribution in [3.63, 3.8) is 0 Å². The van der Waals surface area contributed by atoms with Crippen LogP contribution in [0.4, 0.5) is 8.78 Å². The highest BCUT2D eigenvalue weighted by molar-refractivity contribution is 7.13. The maximum Gasteiger partial charge on any atom is 0.270 e. The largest absolute Gasteiger partial charge is 0.347 e. The van der Waals surface area contributed by atoms with E-state index in [2.05, 4.69) is 15.4 Å². The van der Waals surface area contributed by atoms with Crippen LogP contribution in [-0.2, 0) is 6.54 Å². The van der Waals surface area contributed by atoms with Gasteiger partial charge < -0.3 is 5.32 Å². The third-order valence-electron chi connectivity index (χ3n) is 4.23. The van der Waals surface area contributed by atoms with Crippen LogP contribution in [0.5, 0.6) is 0 Å². The highest BCUT2D eigenvalue weighted by Gasteiger charge is 2.18. The number of nitrogens with zero attached hydrogens (tertiary/aromatic N) is 3. The number of Topliss-reactive ketones (excluding diaryl/α,β-unsaturated/α-hetero) is 1. The van der Waals surface area contributed by atoms with Crippen molar-refractivity contribution in [3.05, 3.63) is 76.4 Å². The van der Waals surface area contributed by atoms with Crippen molar-refractivity contribution in [3.8, 4) is 10.6 Å². The van der Waals surface area contributed by atoms with E-state index in [4.69, 9.17) is 0 Å². The van der Waals surface area contributed by atoms with Crippen LogP contribution in [0.25, 0.3) is 16.2 Å². The molecule has 0 radical (unpaired) electrons. The molecule has 3 heterocycles. The van der Waals surface area contributed by atoms with Crippen LogP contribution >= 0.6 is 11.3 Å². The summed E-state index contributed by atoms with van der Waals surface area (Å²) in [7, 11) is 0. The van der Waals surface area contributed by atoms with Gasteiger partial charge in [0.05, 0.1) is 4.88 Å². The first-order chi connectivity index (χ1) is 13.9. The van der Waals surface area contributed by atoms with Gasteiger partial charge in [-0.2, -0.15) is 5.10 Å². The van der Waals surface area contributed by atoms with Gasteiger partial charge in [-0.05, 0) is 35.2 Å². The maximum atomic E-state index is 13.4. The van der Waals surface area contributed by atoms with Gasteiger partial charge in [0.15, 0.2) is 23.1 Å². The number of aromatic nitrogens is 3. The number of thiophene rings is 1. The highest BCUT2D eigenvalue weighted by Crippen LogP contribution is 2.25. The molecule has 0 spiro atoms. The second-order valence-electron chi connectivity index (χ2n) is 6.29. The minimum Gasteiger partial charge on any atom is -0.347 e. The summed E-state index contributed by atoms with van der Waals surface area (Å²) in [6, 6.07) is 10.2. The highest BCUT2D eigenvalue weighted by atomic mass is 32.1. The van der Waals surface area contributed by atoms with Crippen molar-refractivity contribution in [2.75, 3.05) is 0 Å². The Morgan fingerprint density at radius 1 is 1.14 bits per heavy atom. The Morgan fingerprint density at radius 3 is 2.66 bits per heavy atom. The van der Waals surface area contributed by atoms with Crippen LogP contribution in [0.1, 0.15) is 33.5 Å². The van der Waals surface area contributed by atoms with E-state index in [0.717, 1.165) is 17.0 Å². The zero-order valence-electron chi connectivity index (χ0n) is 15.1. The van der Waals surface area contributed by atoms with Crippen LogP contribution in [0.3, 0.4) is 0 Å². The molecule has 1 N–H and O–H groups in total. The summed E-state index contributed by atoms with van der Waals surface area (Å²) in [6.07, 6.45) is 0. The number of halogens is 2. The lowest BCUT2D eigenvalue weighted by Gasteiger charge is -2.08. The van der Waals surface area contributed by atoms with E-state index in [0.29, 0.717) is 16.9 Å². The Bertz CT molecular complexity index is 1230. The second-order valence-corrected chi connectivity index (χ2v) is 7.24. The number of hydrogen-bond donors (Lipinski definition) is 1. The molecule has 0 bridgehead atoms. The van der Waals surface area contributed by atoms with Crippen molar-refractivity contribution in [2.45, 2.75) is 13.5 Å². The topological polar surface area (TPSA) is 76.4 Å². The van der Waals surface area contributed by atoms with E-state index in [1.807, 2.05) is 17.5 Å². The fourth-order valence-electron chi connectivity index (χ4n) is 2.78. The number of hydrogen-bond acceptors (Lipinski definition) is 5. The summed E-state index contributed by atoms with van der Waals surface area (Å²) in [6.45, 7) is 1.34. The molecule has 0 saturated heterocycles. The summed E-state index contributed by atoms with van der Waals surface area (Å²) < 4.78 is 27.8. The lowest BCUT2D eigenvalue weighted by molar-refractivity contribution is 0.0943. The van der Waals surface area contributed by atoms with Crippen molar-refractivity contribution in [1.82, 2.24) is 19.9 Å². The third kappa shape index (κ3) is 3.77. The molecule has 9 heteroatoms. The van der Waals surface area contributed by atoms with Crippen LogP contribution in [0, 0.1) is 11.6 Å². The first-order valence-corrected chi connectivity index (χ1v) is 9.48. The van der Waals surface area contributed by atoms with Gasteiger partial charge in [0.2, 0.25) is 0 Å². The van der Waals surface area contributed by atoms with E-state index in [9.17, 15) is 18.4 Å². The van der Waals surface area contributed by atoms with Crippen LogP contribution < -0.4 is 5.32 Å². The number of ketones is 1. The van der Waals surface area contributed by atoms with Crippen LogP contribution in [0.15, 0.2) is 47.8 Å². The maximum absolute atomic E-state index is 13.4. The molecule has 0 aliphatic rings. The first kappa shape index (κ1) is 18.9. The minimum atomic E-state index is -0.991. The number of carbonyl (C=O) groups is 2. The molecule has 0 saturated carbocycles. The number of carbonyl (C=O) groups excluding carboxylic acids is 2. The zero-order valence-corrected chi connectivity index (χ0v) is 16.0. The molecule has 0 aliphatic carbocycles. The fourth-order valence-corrected chi connectivity index (χ4v) is 3.47. The fraction of sp³-hybridized carbons (Fsp3) is 0.100. The van der Waals surface area contributed by atoms with Gasteiger partial charge in [-0.25, -0.2) is 18.3 Å². The molecule has 0 fully saturated rings. The average Bonchev–Trinajstić information content (AvgIpc) is 3.37. The van der Waals surface area contributed by atoms with Crippen molar-refractivity contribution < 1.29 is 18.4 Å². The molecular formula is C20H14F2N4O2S. The van der Waals surface area contributed by atoms with E-state index in [-0.39, 0.29) is 23.7 Å². The van der Waals surface area contributed by atoms with Gasteiger partial charge >= 0.3 is 0 Å². The predicted molar refractivity (Wildman–Crippen MR) is 104 cm³/mol. The Labute approximate surface area is 167 Å². The lowest BCUT2D eigenvalue weighted by atomic mass is 10.2. The average molecular weight is 412 g/mol. The Morgan fingerprint density at radius 2 is 1.97 bits per heavy atom. The normalized spacial score (nSPS) is 11.0. The molecule has 0 atom stereocenters. The molecule has 146 valence electrons. The van der Waals surface area contributed by atoms with E-state index in [1.165, 1.54) is 34.9 Å². The summed E-state index contributed by atoms with van der Waals surface area (Å²) in [5.41, 5.74) is 1.63. The standard InChI is InChI=1S/C20H14F2N4O2S/c1-11(27)15-8-17(20(28)23-10-12-4-5-13(21)14(22)7-12)26-19(24-15)9-16(25-26)18-3-2-6-29-18/h2-9H,10H2,1H3,(H,23,28). The molecule has 4 rings (SSSR count). The lowest BCUT2D eigenvalue weighted by Crippen LogP contribution is -2.26. The number of amides is 1. The Kier molecular flexibility index (Phi) is 4.89. The summed E-state index contributed by atoms with van der Waals surface area (Å²) in [4.78, 5) is 29.8. The third-order valence-corrected chi connectivity index (χ3v) is 5.12. The number of fused-ring (bicyclic) bond motifs is 1. The van der Waals surface area contributed by atoms with Gasteiger partial charge in [0.25, 0.3) is 5.91 Å². The SMILES string of the molecule is CC(=O)c1cc(C(=O)NCc2ccc(F)c(F)c2)n2nc(-c3cccs3)cc2n1. The molecule has 1 amide bonds. The monoisotopic (exact) mass is 412 g/mol. The molecule has 29 heavy (non-hydrogen) atoms. The molecule has 1 aromatic carbocycles. The Hall–Kier alpha value is -3.46. The Balaban J connectivity index is 1.69. The second kappa shape index (κ2) is 7.51.